The van der Waals surface area contributed by atoms with E-state index in [0.29, 0.717) is 0 Å². The van der Waals surface area contributed by atoms with Crippen molar-refractivity contribution in [3.8, 4) is 0 Å². The summed E-state index contributed by atoms with van der Waals surface area (Å²) in [5.74, 6) is 0. The van der Waals surface area contributed by atoms with Gasteiger partial charge in [0.2, 0.25) is 0 Å². The van der Waals surface area contributed by atoms with Crippen LogP contribution in [0.4, 0.5) is 0 Å². The zero-order valence-electron chi connectivity index (χ0n) is 3.14. The van der Waals surface area contributed by atoms with Gasteiger partial charge in [-0.15, -0.1) is 0 Å². The molecule has 0 amide bonds. The van der Waals surface area contributed by atoms with Gasteiger partial charge in [-0.1, -0.05) is 0 Å². The van der Waals surface area contributed by atoms with Crippen LogP contribution in [0.3, 0.4) is 0 Å². The third-order valence-corrected chi connectivity index (χ3v) is 0. The summed E-state index contributed by atoms with van der Waals surface area (Å²) in [6, 6.07) is 0. The fraction of sp³-hybridized carbons (Fsp3) is 0. The molecule has 7 heteroatoms. The average Bonchev–Trinajstić information content (AvgIpc) is 0.722. The summed E-state index contributed by atoms with van der Waals surface area (Å²) < 4.78 is 25.2. The van der Waals surface area contributed by atoms with Crippen LogP contribution in [0.15, 0.2) is 0 Å². The second-order valence-electron chi connectivity index (χ2n) is 0.515. The SMILES string of the molecule is NS(=O)(=O)O.[NH2-].[Ni]. The minimum atomic E-state index is -4.17. The van der Waals surface area contributed by atoms with Crippen molar-refractivity contribution < 1.29 is 29.5 Å². The third-order valence-electron chi connectivity index (χ3n) is 0. The second-order valence-corrected chi connectivity index (χ2v) is 1.54. The Kier molecular flexibility index (Phi) is 10.0. The first-order valence-electron chi connectivity index (χ1n) is 0.752. The second kappa shape index (κ2) is 4.48. The van der Waals surface area contributed by atoms with Crippen LogP contribution in [0.1, 0.15) is 0 Å². The summed E-state index contributed by atoms with van der Waals surface area (Å²) in [5, 5.41) is 3.88. The van der Waals surface area contributed by atoms with Crippen molar-refractivity contribution in [2.45, 2.75) is 0 Å². The van der Waals surface area contributed by atoms with Gasteiger partial charge in [-0.2, -0.15) is 8.42 Å². The molecule has 0 atom stereocenters. The first-order valence-corrected chi connectivity index (χ1v) is 2.25. The predicted molar refractivity (Wildman–Crippen MR) is 21.0 cm³/mol. The molecule has 0 fully saturated rings. The van der Waals surface area contributed by atoms with E-state index in [1.54, 1.807) is 0 Å². The van der Waals surface area contributed by atoms with E-state index in [4.69, 9.17) is 13.0 Å². The van der Waals surface area contributed by atoms with E-state index in [1.165, 1.54) is 0 Å². The van der Waals surface area contributed by atoms with Crippen molar-refractivity contribution in [1.29, 1.82) is 0 Å². The molecular formula is H5N2NiO3S-. The molecule has 5 N–H and O–H groups in total. The topological polar surface area (TPSA) is 114 Å². The maximum Gasteiger partial charge on any atom is 0.330 e. The van der Waals surface area contributed by atoms with Crippen LogP contribution in [0.25, 0.3) is 6.15 Å². The molecule has 0 aliphatic carbocycles. The Bertz CT molecular complexity index is 96.1. The third kappa shape index (κ3) is 1130. The molecular weight excluding hydrogens is 167 g/mol. The average molecular weight is 172 g/mol. The van der Waals surface area contributed by atoms with Gasteiger partial charge in [-0.25, -0.2) is 5.14 Å². The van der Waals surface area contributed by atoms with Gasteiger partial charge in [-0.3, -0.25) is 4.55 Å². The van der Waals surface area contributed by atoms with Gasteiger partial charge in [0.25, 0.3) is 0 Å². The van der Waals surface area contributed by atoms with Gasteiger partial charge >= 0.3 is 10.3 Å². The molecule has 0 saturated carbocycles. The molecule has 0 heterocycles. The molecule has 0 aliphatic heterocycles. The fourth-order valence-corrected chi connectivity index (χ4v) is 0. The monoisotopic (exact) mass is 171 g/mol. The molecule has 0 saturated heterocycles. The van der Waals surface area contributed by atoms with Crippen LogP contribution in [0.2, 0.25) is 0 Å². The van der Waals surface area contributed by atoms with Crippen molar-refractivity contribution >= 4 is 10.3 Å². The summed E-state index contributed by atoms with van der Waals surface area (Å²) in [7, 11) is -4.17. The van der Waals surface area contributed by atoms with E-state index in [0.717, 1.165) is 0 Å². The summed E-state index contributed by atoms with van der Waals surface area (Å²) >= 11 is 0. The van der Waals surface area contributed by atoms with Gasteiger partial charge in [-0.05, 0) is 0 Å². The molecule has 0 radical (unpaired) electrons. The molecule has 0 spiro atoms. The van der Waals surface area contributed by atoms with Crippen molar-refractivity contribution in [3.05, 3.63) is 6.15 Å². The molecule has 0 aliphatic rings. The van der Waals surface area contributed by atoms with E-state index < -0.39 is 10.3 Å². The van der Waals surface area contributed by atoms with Crippen LogP contribution < -0.4 is 5.14 Å². The van der Waals surface area contributed by atoms with Crippen LogP contribution in [-0.2, 0) is 26.8 Å². The first kappa shape index (κ1) is 15.7. The Hall–Kier alpha value is 0.324. The Morgan fingerprint density at radius 2 is 1.43 bits per heavy atom. The number of rotatable bonds is 0. The van der Waals surface area contributed by atoms with Crippen molar-refractivity contribution in [2.24, 2.45) is 5.14 Å². The van der Waals surface area contributed by atoms with Gasteiger partial charge in [0.05, 0.1) is 0 Å². The quantitative estimate of drug-likeness (QED) is 0.377. The minimum Gasteiger partial charge on any atom is -0.693 e. The van der Waals surface area contributed by atoms with Crippen molar-refractivity contribution in [1.82, 2.24) is 0 Å². The molecule has 0 aromatic heterocycles. The van der Waals surface area contributed by atoms with E-state index in [-0.39, 0.29) is 22.6 Å². The van der Waals surface area contributed by atoms with E-state index in [1.807, 2.05) is 0 Å². The molecule has 7 heavy (non-hydrogen) atoms. The Labute approximate surface area is 51.7 Å². The summed E-state index contributed by atoms with van der Waals surface area (Å²) in [4.78, 5) is 0. The Balaban J connectivity index is -0.0000000800. The molecule has 0 unspecified atom stereocenters. The number of hydrogen-bond donors (Lipinski definition) is 2. The van der Waals surface area contributed by atoms with Crippen LogP contribution in [0, 0.1) is 0 Å². The summed E-state index contributed by atoms with van der Waals surface area (Å²) in [6.45, 7) is 0. The Morgan fingerprint density at radius 1 is 1.43 bits per heavy atom. The number of nitrogens with two attached hydrogens (primary N) is 2. The zero-order chi connectivity index (χ0) is 4.50. The zero-order valence-corrected chi connectivity index (χ0v) is 4.95. The minimum absolute atomic E-state index is 0. The van der Waals surface area contributed by atoms with Crippen molar-refractivity contribution in [2.75, 3.05) is 0 Å². The van der Waals surface area contributed by atoms with Crippen molar-refractivity contribution in [3.63, 3.8) is 0 Å². The van der Waals surface area contributed by atoms with E-state index in [2.05, 4.69) is 5.14 Å². The molecule has 0 bridgehead atoms. The number of hydrogen-bond acceptors (Lipinski definition) is 2. The smallest absolute Gasteiger partial charge is 0.330 e. The Morgan fingerprint density at radius 3 is 1.43 bits per heavy atom. The molecule has 0 aromatic carbocycles. The van der Waals surface area contributed by atoms with Crippen LogP contribution in [-0.4, -0.2) is 13.0 Å². The van der Waals surface area contributed by atoms with Gasteiger partial charge in [0, 0.05) is 16.5 Å². The van der Waals surface area contributed by atoms with Gasteiger partial charge in [0.1, 0.15) is 0 Å². The first-order chi connectivity index (χ1) is 2.00. The fourth-order valence-electron chi connectivity index (χ4n) is 0. The molecule has 50 valence electrons. The van der Waals surface area contributed by atoms with E-state index >= 15 is 0 Å². The largest absolute Gasteiger partial charge is 0.693 e. The molecule has 0 rings (SSSR count). The van der Waals surface area contributed by atoms with Crippen LogP contribution >= 0.6 is 0 Å². The van der Waals surface area contributed by atoms with Gasteiger partial charge in [0.15, 0.2) is 0 Å². The van der Waals surface area contributed by atoms with Gasteiger partial charge < -0.3 is 6.15 Å². The maximum absolute atomic E-state index is 8.97. The molecule has 5 nitrogen and oxygen atoms in total. The van der Waals surface area contributed by atoms with Crippen LogP contribution in [0.5, 0.6) is 0 Å². The molecule has 0 aromatic rings. The van der Waals surface area contributed by atoms with E-state index in [9.17, 15) is 0 Å². The normalized spacial score (nSPS) is 8.29. The maximum atomic E-state index is 8.97. The summed E-state index contributed by atoms with van der Waals surface area (Å²) in [5.41, 5.74) is 0. The predicted octanol–water partition coefficient (Wildman–Crippen LogP) is -0.537. The standard InChI is InChI=1S/H3NO3S.H2N.Ni/c1-5(2,3)4;;/h(H3,1,2,3,4);1H2;/q;-1;. The summed E-state index contributed by atoms with van der Waals surface area (Å²) in [6.07, 6.45) is 0.